The largest absolute Gasteiger partial charge is 0.381 e. The van der Waals surface area contributed by atoms with E-state index in [2.05, 4.69) is 11.4 Å². The number of hydrogen-bond donors (Lipinski definition) is 1. The Morgan fingerprint density at radius 2 is 1.81 bits per heavy atom. The summed E-state index contributed by atoms with van der Waals surface area (Å²) in [5.74, 6) is -2.38. The second kappa shape index (κ2) is 8.00. The molecule has 21 heavy (non-hydrogen) atoms. The summed E-state index contributed by atoms with van der Waals surface area (Å²) >= 11 is 0.554. The Morgan fingerprint density at radius 1 is 1.10 bits per heavy atom. The number of nitrogens with one attached hydrogen (secondary N) is 1. The molecule has 2 aromatic rings. The lowest BCUT2D eigenvalue weighted by Gasteiger charge is -2.09. The summed E-state index contributed by atoms with van der Waals surface area (Å²) in [4.78, 5) is 0.567. The summed E-state index contributed by atoms with van der Waals surface area (Å²) in [5.41, 5.74) is 3.18. The second-order valence-corrected chi connectivity index (χ2v) is 5.57. The molecule has 0 unspecified atom stereocenters. The lowest BCUT2D eigenvalue weighted by Crippen LogP contribution is -2.00. The fraction of sp³-hybridized carbons (Fsp3) is 0.250. The molecule has 0 aliphatic heterocycles. The standard InChI is InChI=1S/C16H17F2NOS/c1-20-11-13-4-2-3-12(9-13)10-19-14-5-7-15(8-6-14)21-16(17)18/h2-9,16,19H,10-11H2,1H3. The van der Waals surface area contributed by atoms with Crippen LogP contribution in [0.25, 0.3) is 0 Å². The first-order valence-electron chi connectivity index (χ1n) is 6.53. The summed E-state index contributed by atoms with van der Waals surface area (Å²) in [6.45, 7) is 1.27. The smallest absolute Gasteiger partial charge is 0.288 e. The third-order valence-electron chi connectivity index (χ3n) is 2.88. The number of halogens is 2. The molecule has 0 fully saturated rings. The molecule has 0 amide bonds. The van der Waals surface area contributed by atoms with Gasteiger partial charge in [-0.25, -0.2) is 0 Å². The molecule has 112 valence electrons. The normalized spacial score (nSPS) is 10.9. The molecule has 0 aliphatic rings. The summed E-state index contributed by atoms with van der Waals surface area (Å²) in [6.07, 6.45) is 0. The molecule has 0 spiro atoms. The Kier molecular flexibility index (Phi) is 6.02. The average Bonchev–Trinajstić information content (AvgIpc) is 2.47. The molecule has 0 aromatic heterocycles. The first-order valence-corrected chi connectivity index (χ1v) is 7.41. The van der Waals surface area contributed by atoms with Gasteiger partial charge in [0.05, 0.1) is 6.61 Å². The molecule has 0 radical (unpaired) electrons. The Bertz CT molecular complexity index is 560. The first kappa shape index (κ1) is 15.8. The molecule has 0 aliphatic carbocycles. The zero-order valence-corrected chi connectivity index (χ0v) is 12.5. The number of anilines is 1. The van der Waals surface area contributed by atoms with Crippen molar-refractivity contribution in [3.63, 3.8) is 0 Å². The molecule has 0 saturated carbocycles. The second-order valence-electron chi connectivity index (χ2n) is 4.51. The van der Waals surface area contributed by atoms with E-state index in [1.165, 1.54) is 0 Å². The van der Waals surface area contributed by atoms with Crippen LogP contribution in [0.15, 0.2) is 53.4 Å². The molecule has 0 saturated heterocycles. The molecule has 2 aromatic carbocycles. The average molecular weight is 309 g/mol. The summed E-state index contributed by atoms with van der Waals surface area (Å²) in [6, 6.07) is 15.1. The lowest BCUT2D eigenvalue weighted by atomic mass is 10.1. The van der Waals surface area contributed by atoms with Crippen LogP contribution in [0.2, 0.25) is 0 Å². The Morgan fingerprint density at radius 3 is 2.48 bits per heavy atom. The van der Waals surface area contributed by atoms with Crippen molar-refractivity contribution in [2.75, 3.05) is 12.4 Å². The quantitative estimate of drug-likeness (QED) is 0.745. The van der Waals surface area contributed by atoms with Gasteiger partial charge in [-0.1, -0.05) is 36.0 Å². The Labute approximate surface area is 127 Å². The third kappa shape index (κ3) is 5.36. The number of benzene rings is 2. The molecular formula is C16H17F2NOS. The highest BCUT2D eigenvalue weighted by molar-refractivity contribution is 7.99. The van der Waals surface area contributed by atoms with Gasteiger partial charge in [-0.05, 0) is 35.4 Å². The van der Waals surface area contributed by atoms with Crippen molar-refractivity contribution in [2.24, 2.45) is 0 Å². The molecule has 5 heteroatoms. The van der Waals surface area contributed by atoms with E-state index in [1.807, 2.05) is 30.3 Å². The van der Waals surface area contributed by atoms with Gasteiger partial charge in [0.25, 0.3) is 5.76 Å². The molecule has 0 bridgehead atoms. The van der Waals surface area contributed by atoms with Crippen molar-refractivity contribution in [2.45, 2.75) is 23.8 Å². The summed E-state index contributed by atoms with van der Waals surface area (Å²) in [5, 5.41) is 3.27. The summed E-state index contributed by atoms with van der Waals surface area (Å²) < 4.78 is 29.6. The third-order valence-corrected chi connectivity index (χ3v) is 3.60. The fourth-order valence-electron chi connectivity index (χ4n) is 1.95. The van der Waals surface area contributed by atoms with Crippen LogP contribution in [0.4, 0.5) is 14.5 Å². The monoisotopic (exact) mass is 309 g/mol. The highest BCUT2D eigenvalue weighted by Gasteiger charge is 2.04. The van der Waals surface area contributed by atoms with Gasteiger partial charge in [0.2, 0.25) is 0 Å². The Hall–Kier alpha value is -1.59. The van der Waals surface area contributed by atoms with Crippen molar-refractivity contribution in [3.05, 3.63) is 59.7 Å². The van der Waals surface area contributed by atoms with Gasteiger partial charge >= 0.3 is 0 Å². The maximum absolute atomic E-state index is 12.2. The predicted molar refractivity (Wildman–Crippen MR) is 82.8 cm³/mol. The van der Waals surface area contributed by atoms with Gasteiger partial charge in [-0.3, -0.25) is 0 Å². The van der Waals surface area contributed by atoms with E-state index in [1.54, 1.807) is 19.2 Å². The van der Waals surface area contributed by atoms with Crippen molar-refractivity contribution >= 4 is 17.4 Å². The highest BCUT2D eigenvalue weighted by Crippen LogP contribution is 2.26. The van der Waals surface area contributed by atoms with E-state index >= 15 is 0 Å². The van der Waals surface area contributed by atoms with Crippen molar-refractivity contribution in [1.29, 1.82) is 0 Å². The number of rotatable bonds is 7. The number of thioether (sulfide) groups is 1. The van der Waals surface area contributed by atoms with E-state index in [-0.39, 0.29) is 0 Å². The zero-order valence-electron chi connectivity index (χ0n) is 11.7. The van der Waals surface area contributed by atoms with E-state index in [9.17, 15) is 8.78 Å². The summed E-state index contributed by atoms with van der Waals surface area (Å²) in [7, 11) is 1.67. The molecule has 0 atom stereocenters. The van der Waals surface area contributed by atoms with Gasteiger partial charge in [0.1, 0.15) is 0 Å². The van der Waals surface area contributed by atoms with Gasteiger partial charge < -0.3 is 10.1 Å². The van der Waals surface area contributed by atoms with Crippen LogP contribution in [0.5, 0.6) is 0 Å². The van der Waals surface area contributed by atoms with Gasteiger partial charge in [0.15, 0.2) is 0 Å². The molecule has 1 N–H and O–H groups in total. The maximum Gasteiger partial charge on any atom is 0.288 e. The minimum atomic E-state index is -2.38. The fourth-order valence-corrected chi connectivity index (χ4v) is 2.45. The van der Waals surface area contributed by atoms with Crippen molar-refractivity contribution in [3.8, 4) is 0 Å². The van der Waals surface area contributed by atoms with Gasteiger partial charge in [-0.15, -0.1) is 0 Å². The number of methoxy groups -OCH3 is 1. The van der Waals surface area contributed by atoms with Crippen LogP contribution in [0.3, 0.4) is 0 Å². The highest BCUT2D eigenvalue weighted by atomic mass is 32.2. The topological polar surface area (TPSA) is 21.3 Å². The van der Waals surface area contributed by atoms with Gasteiger partial charge in [-0.2, -0.15) is 8.78 Å². The Balaban J connectivity index is 1.91. The molecule has 2 rings (SSSR count). The van der Waals surface area contributed by atoms with Crippen LogP contribution >= 0.6 is 11.8 Å². The van der Waals surface area contributed by atoms with Crippen LogP contribution < -0.4 is 5.32 Å². The van der Waals surface area contributed by atoms with Crippen LogP contribution in [-0.2, 0) is 17.9 Å². The van der Waals surface area contributed by atoms with E-state index in [4.69, 9.17) is 4.74 Å². The number of ether oxygens (including phenoxy) is 1. The van der Waals surface area contributed by atoms with Crippen molar-refractivity contribution < 1.29 is 13.5 Å². The number of hydrogen-bond acceptors (Lipinski definition) is 3. The minimum absolute atomic E-state index is 0.554. The SMILES string of the molecule is COCc1cccc(CNc2ccc(SC(F)F)cc2)c1. The van der Waals surface area contributed by atoms with Gasteiger partial charge in [0, 0.05) is 24.2 Å². The van der Waals surface area contributed by atoms with Crippen LogP contribution in [0.1, 0.15) is 11.1 Å². The predicted octanol–water partition coefficient (Wildman–Crippen LogP) is 4.76. The molecular weight excluding hydrogens is 292 g/mol. The molecule has 0 heterocycles. The zero-order chi connectivity index (χ0) is 15.1. The van der Waals surface area contributed by atoms with Crippen LogP contribution in [0, 0.1) is 0 Å². The van der Waals surface area contributed by atoms with E-state index in [0.717, 1.165) is 16.8 Å². The van der Waals surface area contributed by atoms with Crippen molar-refractivity contribution in [1.82, 2.24) is 0 Å². The number of alkyl halides is 2. The lowest BCUT2D eigenvalue weighted by molar-refractivity contribution is 0.185. The maximum atomic E-state index is 12.2. The molecule has 2 nitrogen and oxygen atoms in total. The van der Waals surface area contributed by atoms with E-state index < -0.39 is 5.76 Å². The minimum Gasteiger partial charge on any atom is -0.381 e. The first-order chi connectivity index (χ1) is 10.2. The van der Waals surface area contributed by atoms with E-state index in [0.29, 0.717) is 29.8 Å². The van der Waals surface area contributed by atoms with Crippen LogP contribution in [-0.4, -0.2) is 12.9 Å².